The number of nitrogens with zero attached hydrogens (tertiary/aromatic N) is 2. The van der Waals surface area contributed by atoms with Crippen molar-refractivity contribution in [3.8, 4) is 0 Å². The van der Waals surface area contributed by atoms with Crippen molar-refractivity contribution in [3.05, 3.63) is 95.3 Å². The minimum atomic E-state index is -4.41. The van der Waals surface area contributed by atoms with Gasteiger partial charge in [0.25, 0.3) is 20.2 Å². The Balaban J connectivity index is 1.63. The van der Waals surface area contributed by atoms with Crippen LogP contribution < -0.4 is 4.90 Å². The number of rotatable bonds is 16. The molecule has 0 aromatic heterocycles. The summed E-state index contributed by atoms with van der Waals surface area (Å²) in [6, 6.07) is 9.87. The van der Waals surface area contributed by atoms with Gasteiger partial charge in [0.2, 0.25) is 5.69 Å². The molecular weight excluding hydrogens is 733 g/mol. The summed E-state index contributed by atoms with van der Waals surface area (Å²) < 4.78 is 77.2. The minimum absolute atomic E-state index is 0.0197. The molecule has 0 radical (unpaired) electrons. The molecule has 14 nitrogen and oxygen atoms in total. The first-order valence-electron chi connectivity index (χ1n) is 15.0. The van der Waals surface area contributed by atoms with Gasteiger partial charge in [0.05, 0.1) is 22.4 Å². The Labute approximate surface area is 300 Å². The van der Waals surface area contributed by atoms with Crippen molar-refractivity contribution in [1.82, 2.24) is 0 Å². The molecule has 0 amide bonds. The third kappa shape index (κ3) is 9.32. The van der Waals surface area contributed by atoms with E-state index in [1.165, 1.54) is 12.1 Å². The van der Waals surface area contributed by atoms with Crippen LogP contribution in [-0.2, 0) is 49.8 Å². The van der Waals surface area contributed by atoms with E-state index in [-0.39, 0.29) is 11.4 Å². The van der Waals surface area contributed by atoms with Gasteiger partial charge in [0.1, 0.15) is 5.75 Å². The molecule has 0 saturated heterocycles. The van der Waals surface area contributed by atoms with Crippen LogP contribution in [-0.4, -0.2) is 71.3 Å². The summed E-state index contributed by atoms with van der Waals surface area (Å²) in [5.74, 6) is -0.0778. The van der Waals surface area contributed by atoms with Gasteiger partial charge in [-0.2, -0.15) is 21.4 Å². The summed E-state index contributed by atoms with van der Waals surface area (Å²) in [6.07, 6.45) is 11.3. The van der Waals surface area contributed by atoms with E-state index in [0.29, 0.717) is 22.8 Å². The van der Waals surface area contributed by atoms with Crippen molar-refractivity contribution in [2.45, 2.75) is 55.2 Å². The van der Waals surface area contributed by atoms with Crippen LogP contribution in [0.5, 0.6) is 0 Å². The molecule has 2 aliphatic heterocycles. The van der Waals surface area contributed by atoms with Crippen molar-refractivity contribution in [1.29, 1.82) is 0 Å². The maximum Gasteiger partial charge on any atom is 0.294 e. The van der Waals surface area contributed by atoms with Crippen LogP contribution in [0.25, 0.3) is 0 Å². The van der Waals surface area contributed by atoms with E-state index in [4.69, 9.17) is 10.5 Å². The molecular formula is C32H39N2O12S4+. The zero-order valence-electron chi connectivity index (χ0n) is 27.8. The first-order valence-corrected chi connectivity index (χ1v) is 19.7. The van der Waals surface area contributed by atoms with Crippen LogP contribution in [0.1, 0.15) is 45.7 Å². The third-order valence-corrected chi connectivity index (χ3v) is 11.1. The van der Waals surface area contributed by atoms with Gasteiger partial charge >= 0.3 is 0 Å². The largest absolute Gasteiger partial charge is 0.343 e. The Morgan fingerprint density at radius 3 is 2.32 bits per heavy atom. The quantitative estimate of drug-likeness (QED) is 0.0277. The molecule has 2 aromatic rings. The molecule has 50 heavy (non-hydrogen) atoms. The standard InChI is InChI=1S/C32H38N2O12S4/c1-22(8-6-10-29-32(4,5)26-21-24(50(40,41)42)13-15-28(26)33(29)16-18-47-45-43-35)9-7-11-30-31(2,3)25-20-23(48-46-44-36)12-14-27(25)34(30)17-19-49(37,38)39/h6-15,20-21H,16-19H2,1-5H3,(H3-,35,36,37,38,39,40,41,42)/p+1. The molecule has 2 aromatic carbocycles. The maximum atomic E-state index is 11.9. The second-order valence-electron chi connectivity index (χ2n) is 12.4. The molecule has 0 bridgehead atoms. The Kier molecular flexibility index (Phi) is 13.0. The van der Waals surface area contributed by atoms with Crippen LogP contribution in [0.15, 0.2) is 93.9 Å². The van der Waals surface area contributed by atoms with E-state index in [0.717, 1.165) is 58.0 Å². The molecule has 4 rings (SSSR count). The third-order valence-electron chi connectivity index (χ3n) is 8.46. The van der Waals surface area contributed by atoms with Crippen LogP contribution in [0, 0.1) is 0 Å². The molecule has 0 saturated carbocycles. The van der Waals surface area contributed by atoms with Gasteiger partial charge in [-0.05, 0) is 62.7 Å². The molecule has 4 N–H and O–H groups in total. The van der Waals surface area contributed by atoms with Crippen molar-refractivity contribution >= 4 is 61.4 Å². The lowest BCUT2D eigenvalue weighted by atomic mass is 9.81. The Morgan fingerprint density at radius 2 is 1.66 bits per heavy atom. The van der Waals surface area contributed by atoms with E-state index >= 15 is 0 Å². The molecule has 0 atom stereocenters. The Bertz CT molecular complexity index is 1970. The van der Waals surface area contributed by atoms with Gasteiger partial charge in [-0.15, -0.1) is 8.67 Å². The van der Waals surface area contributed by atoms with Crippen molar-refractivity contribution in [2.24, 2.45) is 0 Å². The van der Waals surface area contributed by atoms with Crippen LogP contribution >= 0.6 is 24.1 Å². The van der Waals surface area contributed by atoms with Crippen LogP contribution in [0.3, 0.4) is 0 Å². The minimum Gasteiger partial charge on any atom is -0.343 e. The fraction of sp³-hybridized carbons (Fsp3) is 0.344. The highest BCUT2D eigenvalue weighted by molar-refractivity contribution is 7.94. The summed E-state index contributed by atoms with van der Waals surface area (Å²) in [6.45, 7) is 10.3. The smallest absolute Gasteiger partial charge is 0.294 e. The highest BCUT2D eigenvalue weighted by atomic mass is 32.2. The highest BCUT2D eigenvalue weighted by Crippen LogP contribution is 2.48. The second kappa shape index (κ2) is 16.2. The van der Waals surface area contributed by atoms with Crippen molar-refractivity contribution < 1.29 is 59.8 Å². The van der Waals surface area contributed by atoms with E-state index < -0.39 is 36.8 Å². The molecule has 272 valence electrons. The Hall–Kier alpha value is -2.85. The lowest BCUT2D eigenvalue weighted by Crippen LogP contribution is -2.29. The SMILES string of the molecule is CC(/C=C/C=C1\N(CCSOOO)c2ccc(S(=O)(=O)O)cc2C1(C)C)=C\C=C\C1=[N+](CCS(=O)(=O)O)c2ccc(SOOO)cc2C1(C)C. The zero-order chi connectivity index (χ0) is 36.9. The van der Waals surface area contributed by atoms with Crippen LogP contribution in [0.2, 0.25) is 0 Å². The number of hydrogen-bond donors (Lipinski definition) is 4. The van der Waals surface area contributed by atoms with Gasteiger partial charge in [-0.3, -0.25) is 9.11 Å². The predicted molar refractivity (Wildman–Crippen MR) is 190 cm³/mol. The van der Waals surface area contributed by atoms with E-state index in [1.54, 1.807) is 12.1 Å². The number of benzene rings is 2. The molecule has 0 spiro atoms. The molecule has 18 heteroatoms. The molecule has 2 heterocycles. The van der Waals surface area contributed by atoms with E-state index in [9.17, 15) is 25.9 Å². The van der Waals surface area contributed by atoms with Crippen molar-refractivity contribution in [2.75, 3.05) is 29.5 Å². The number of fused-ring (bicyclic) bond motifs is 2. The number of anilines is 1. The average molecular weight is 772 g/mol. The summed E-state index contributed by atoms with van der Waals surface area (Å²) in [7, 11) is -8.65. The van der Waals surface area contributed by atoms with E-state index in [2.05, 4.69) is 18.7 Å². The van der Waals surface area contributed by atoms with E-state index in [1.807, 2.05) is 92.7 Å². The van der Waals surface area contributed by atoms with Crippen LogP contribution in [0.4, 0.5) is 11.4 Å². The van der Waals surface area contributed by atoms with Gasteiger partial charge < -0.3 is 4.90 Å². The first-order chi connectivity index (χ1) is 23.4. The fourth-order valence-electron chi connectivity index (χ4n) is 6.09. The second-order valence-corrected chi connectivity index (χ2v) is 17.0. The number of hydrogen-bond acceptors (Lipinski definition) is 13. The summed E-state index contributed by atoms with van der Waals surface area (Å²) in [5, 5.41) is 24.5. The first kappa shape index (κ1) is 39.9. The predicted octanol–water partition coefficient (Wildman–Crippen LogP) is 6.44. The van der Waals surface area contributed by atoms with Gasteiger partial charge in [0, 0.05) is 63.7 Å². The van der Waals surface area contributed by atoms with Gasteiger partial charge in [-0.1, -0.05) is 53.8 Å². The summed E-state index contributed by atoms with van der Waals surface area (Å²) >= 11 is 1.71. The molecule has 0 unspecified atom stereocenters. The molecule has 0 fully saturated rings. The normalized spacial score (nSPS) is 18.2. The molecule has 2 aliphatic rings. The number of allylic oxidation sites excluding steroid dienone is 8. The van der Waals surface area contributed by atoms with Gasteiger partial charge in [0.15, 0.2) is 12.3 Å². The monoisotopic (exact) mass is 771 g/mol. The summed E-state index contributed by atoms with van der Waals surface area (Å²) in [4.78, 5) is 2.45. The van der Waals surface area contributed by atoms with Crippen molar-refractivity contribution in [3.63, 3.8) is 0 Å². The lowest BCUT2D eigenvalue weighted by Gasteiger charge is -2.26. The summed E-state index contributed by atoms with van der Waals surface area (Å²) in [5.41, 5.74) is 4.45. The Morgan fingerprint density at radius 1 is 0.940 bits per heavy atom. The maximum absolute atomic E-state index is 11.9. The van der Waals surface area contributed by atoms with Gasteiger partial charge in [-0.25, -0.2) is 10.5 Å². The average Bonchev–Trinajstić information content (AvgIpc) is 3.38. The zero-order valence-corrected chi connectivity index (χ0v) is 31.1. The fourth-order valence-corrected chi connectivity index (χ4v) is 7.77. The topological polar surface area (TPSA) is 192 Å². The highest BCUT2D eigenvalue weighted by Gasteiger charge is 2.45. The molecule has 0 aliphatic carbocycles. The lowest BCUT2D eigenvalue weighted by molar-refractivity contribution is -0.432.